The number of rotatable bonds is 13. The standard InChI is InChI=1S/C27H33F3N6O4S/c1-6-40-12-11-31-25(37)18-9-10-21(23(14-18)39-4)34-26-33-16-20(27(28,29)30)24(35-26)32-15-19-8-7-17(2)13-22(19)36(3)41(5)38/h7-10,13-14,16H,6,11-12,15H2,1-5H3,(H,31,37)(H2,32,33,34,35). The zero-order chi connectivity index (χ0) is 30.2. The molecule has 0 radical (unpaired) electrons. The van der Waals surface area contributed by atoms with Crippen LogP contribution in [-0.4, -0.2) is 60.3 Å². The third kappa shape index (κ3) is 8.54. The van der Waals surface area contributed by atoms with Crippen LogP contribution in [0.4, 0.5) is 36.3 Å². The quantitative estimate of drug-likeness (QED) is 0.245. The maximum absolute atomic E-state index is 13.8. The van der Waals surface area contributed by atoms with E-state index in [0.717, 1.165) is 5.56 Å². The molecule has 0 fully saturated rings. The molecular formula is C27H33F3N6O4S. The molecule has 0 saturated heterocycles. The van der Waals surface area contributed by atoms with Crippen molar-refractivity contribution in [2.75, 3.05) is 55.1 Å². The van der Waals surface area contributed by atoms with Gasteiger partial charge in [0.25, 0.3) is 5.91 Å². The first kappa shape index (κ1) is 31.6. The molecule has 0 saturated carbocycles. The van der Waals surface area contributed by atoms with Crippen molar-refractivity contribution in [3.05, 3.63) is 64.8 Å². The number of nitrogens with one attached hydrogen (secondary N) is 3. The van der Waals surface area contributed by atoms with Crippen molar-refractivity contribution in [2.24, 2.45) is 0 Å². The minimum atomic E-state index is -4.71. The maximum Gasteiger partial charge on any atom is 0.421 e. The number of carbonyl (C=O) groups is 1. The normalized spacial score (nSPS) is 12.0. The lowest BCUT2D eigenvalue weighted by Crippen LogP contribution is -2.27. The Bertz CT molecular complexity index is 1390. The van der Waals surface area contributed by atoms with Crippen LogP contribution < -0.4 is 25.0 Å². The van der Waals surface area contributed by atoms with Gasteiger partial charge in [-0.3, -0.25) is 9.10 Å². The van der Waals surface area contributed by atoms with Crippen molar-refractivity contribution in [2.45, 2.75) is 26.6 Å². The number of aromatic nitrogens is 2. The lowest BCUT2D eigenvalue weighted by molar-refractivity contribution is -0.137. The summed E-state index contributed by atoms with van der Waals surface area (Å²) in [5, 5.41) is 8.36. The topological polar surface area (TPSA) is 118 Å². The van der Waals surface area contributed by atoms with Gasteiger partial charge in [-0.15, -0.1) is 0 Å². The van der Waals surface area contributed by atoms with Crippen LogP contribution in [0.3, 0.4) is 0 Å². The second-order valence-corrected chi connectivity index (χ2v) is 10.2. The molecule has 1 amide bonds. The molecule has 10 nitrogen and oxygen atoms in total. The van der Waals surface area contributed by atoms with Crippen LogP contribution in [0.15, 0.2) is 42.6 Å². The second kappa shape index (κ2) is 14.1. The molecule has 0 bridgehead atoms. The molecule has 41 heavy (non-hydrogen) atoms. The van der Waals surface area contributed by atoms with Crippen LogP contribution in [-0.2, 0) is 28.4 Å². The van der Waals surface area contributed by atoms with Crippen molar-refractivity contribution in [3.8, 4) is 5.75 Å². The largest absolute Gasteiger partial charge is 0.495 e. The van der Waals surface area contributed by atoms with E-state index in [1.807, 2.05) is 26.0 Å². The summed E-state index contributed by atoms with van der Waals surface area (Å²) in [5.41, 5.74) is 1.78. The summed E-state index contributed by atoms with van der Waals surface area (Å²) in [4.78, 5) is 20.4. The SMILES string of the molecule is CCOCCNC(=O)c1ccc(Nc2ncc(C(F)(F)F)c(NCc3ccc(C)cc3N(C)S(C)=O)n2)c(OC)c1. The van der Waals surface area contributed by atoms with E-state index < -0.39 is 28.5 Å². The van der Waals surface area contributed by atoms with E-state index >= 15 is 0 Å². The third-order valence-electron chi connectivity index (χ3n) is 5.95. The first-order valence-corrected chi connectivity index (χ1v) is 14.1. The van der Waals surface area contributed by atoms with Crippen LogP contribution >= 0.6 is 0 Å². The number of nitrogens with zero attached hydrogens (tertiary/aromatic N) is 3. The Morgan fingerprint density at radius 1 is 1.17 bits per heavy atom. The Balaban J connectivity index is 1.86. The van der Waals surface area contributed by atoms with E-state index in [9.17, 15) is 22.2 Å². The van der Waals surface area contributed by atoms with Gasteiger partial charge in [0, 0.05) is 44.8 Å². The highest BCUT2D eigenvalue weighted by Gasteiger charge is 2.35. The lowest BCUT2D eigenvalue weighted by Gasteiger charge is -2.21. The number of hydrogen-bond acceptors (Lipinski definition) is 8. The van der Waals surface area contributed by atoms with Crippen molar-refractivity contribution in [1.29, 1.82) is 0 Å². The Kier molecular flexibility index (Phi) is 10.9. The number of methoxy groups -OCH3 is 1. The molecule has 222 valence electrons. The Morgan fingerprint density at radius 3 is 2.59 bits per heavy atom. The number of anilines is 4. The zero-order valence-corrected chi connectivity index (χ0v) is 24.2. The number of amides is 1. The van der Waals surface area contributed by atoms with E-state index in [0.29, 0.717) is 48.5 Å². The summed E-state index contributed by atoms with van der Waals surface area (Å²) >= 11 is 0. The summed E-state index contributed by atoms with van der Waals surface area (Å²) in [6.45, 7) is 4.95. The number of aryl methyl sites for hydroxylation is 1. The molecule has 1 unspecified atom stereocenters. The average molecular weight is 595 g/mol. The second-order valence-electron chi connectivity index (χ2n) is 8.85. The smallest absolute Gasteiger partial charge is 0.421 e. The highest BCUT2D eigenvalue weighted by molar-refractivity contribution is 7.85. The molecule has 1 atom stereocenters. The summed E-state index contributed by atoms with van der Waals surface area (Å²) in [6, 6.07) is 9.97. The molecule has 14 heteroatoms. The number of hydrogen-bond donors (Lipinski definition) is 3. The van der Waals surface area contributed by atoms with Gasteiger partial charge in [0.05, 0.1) is 25.1 Å². The summed E-state index contributed by atoms with van der Waals surface area (Å²) in [6.07, 6.45) is -2.51. The highest BCUT2D eigenvalue weighted by atomic mass is 32.2. The predicted molar refractivity (Wildman–Crippen MR) is 153 cm³/mol. The van der Waals surface area contributed by atoms with Crippen LogP contribution in [0, 0.1) is 6.92 Å². The Hall–Kier alpha value is -3.91. The number of carbonyl (C=O) groups excluding carboxylic acids is 1. The first-order valence-electron chi connectivity index (χ1n) is 12.6. The van der Waals surface area contributed by atoms with Gasteiger partial charge in [0.1, 0.15) is 28.1 Å². The molecule has 0 aliphatic rings. The van der Waals surface area contributed by atoms with Gasteiger partial charge in [0.15, 0.2) is 0 Å². The van der Waals surface area contributed by atoms with E-state index in [-0.39, 0.29) is 24.1 Å². The van der Waals surface area contributed by atoms with Gasteiger partial charge in [0.2, 0.25) is 5.95 Å². The molecular weight excluding hydrogens is 561 g/mol. The van der Waals surface area contributed by atoms with Gasteiger partial charge < -0.3 is 25.4 Å². The molecule has 0 aliphatic carbocycles. The molecule has 2 aromatic carbocycles. The van der Waals surface area contributed by atoms with Crippen LogP contribution in [0.1, 0.15) is 34.0 Å². The number of ether oxygens (including phenoxy) is 2. The number of halogens is 3. The van der Waals surface area contributed by atoms with Crippen molar-refractivity contribution < 1.29 is 31.6 Å². The number of benzene rings is 2. The van der Waals surface area contributed by atoms with Gasteiger partial charge in [-0.05, 0) is 49.2 Å². The maximum atomic E-state index is 13.8. The minimum Gasteiger partial charge on any atom is -0.495 e. The Labute approximate surface area is 239 Å². The predicted octanol–water partition coefficient (Wildman–Crippen LogP) is 4.66. The molecule has 1 heterocycles. The minimum absolute atomic E-state index is 0.0207. The first-order chi connectivity index (χ1) is 19.4. The van der Waals surface area contributed by atoms with Crippen LogP contribution in [0.25, 0.3) is 0 Å². The average Bonchev–Trinajstić information content (AvgIpc) is 2.93. The van der Waals surface area contributed by atoms with E-state index in [2.05, 4.69) is 25.9 Å². The van der Waals surface area contributed by atoms with E-state index in [1.54, 1.807) is 19.2 Å². The monoisotopic (exact) mass is 594 g/mol. The van der Waals surface area contributed by atoms with Crippen molar-refractivity contribution in [1.82, 2.24) is 15.3 Å². The Morgan fingerprint density at radius 2 is 1.93 bits per heavy atom. The molecule has 1 aromatic heterocycles. The fraction of sp³-hybridized carbons (Fsp3) is 0.370. The van der Waals surface area contributed by atoms with Crippen molar-refractivity contribution in [3.63, 3.8) is 0 Å². The molecule has 3 aromatic rings. The van der Waals surface area contributed by atoms with Crippen molar-refractivity contribution >= 4 is 40.0 Å². The van der Waals surface area contributed by atoms with Gasteiger partial charge in [-0.25, -0.2) is 9.19 Å². The molecule has 0 aliphatic heterocycles. The third-order valence-corrected chi connectivity index (χ3v) is 6.92. The summed E-state index contributed by atoms with van der Waals surface area (Å²) in [5.74, 6) is -0.630. The summed E-state index contributed by atoms with van der Waals surface area (Å²) in [7, 11) is 1.71. The number of alkyl halides is 3. The van der Waals surface area contributed by atoms with Gasteiger partial charge in [-0.1, -0.05) is 12.1 Å². The van der Waals surface area contributed by atoms with E-state index in [1.165, 1.54) is 29.8 Å². The fourth-order valence-corrected chi connectivity index (χ4v) is 4.20. The lowest BCUT2D eigenvalue weighted by atomic mass is 10.1. The fourth-order valence-electron chi connectivity index (χ4n) is 3.76. The van der Waals surface area contributed by atoms with Gasteiger partial charge >= 0.3 is 6.18 Å². The van der Waals surface area contributed by atoms with Gasteiger partial charge in [-0.2, -0.15) is 18.2 Å². The van der Waals surface area contributed by atoms with E-state index in [4.69, 9.17) is 9.47 Å². The van der Waals surface area contributed by atoms with Crippen LogP contribution in [0.2, 0.25) is 0 Å². The molecule has 3 rings (SSSR count). The zero-order valence-electron chi connectivity index (χ0n) is 23.4. The molecule has 0 spiro atoms. The van der Waals surface area contributed by atoms with Crippen LogP contribution in [0.5, 0.6) is 5.75 Å². The summed E-state index contributed by atoms with van der Waals surface area (Å²) < 4.78 is 65.6. The molecule has 3 N–H and O–H groups in total. The highest BCUT2D eigenvalue weighted by Crippen LogP contribution is 2.35.